The van der Waals surface area contributed by atoms with E-state index in [1.807, 2.05) is 43.3 Å². The summed E-state index contributed by atoms with van der Waals surface area (Å²) in [5, 5.41) is 3.42. The Hall–Kier alpha value is -1.25. The van der Waals surface area contributed by atoms with Gasteiger partial charge >= 0.3 is 0 Å². The van der Waals surface area contributed by atoms with Gasteiger partial charge in [-0.1, -0.05) is 74.0 Å². The van der Waals surface area contributed by atoms with Crippen LogP contribution in [0, 0.1) is 0 Å². The molecule has 3 nitrogen and oxygen atoms in total. The van der Waals surface area contributed by atoms with Gasteiger partial charge < -0.3 is 9.79 Å². The Labute approximate surface area is 127 Å². The molecule has 112 valence electrons. The molecule has 0 radical (unpaired) electrons. The fourth-order valence-corrected chi connectivity index (χ4v) is 3.18. The van der Waals surface area contributed by atoms with Crippen LogP contribution in [0.25, 0.3) is 0 Å². The molecule has 0 fully saturated rings. The summed E-state index contributed by atoms with van der Waals surface area (Å²) in [6.45, 7) is 2.05. The quantitative estimate of drug-likeness (QED) is 0.682. The SMILES string of the molecule is CCCC(NC(c1ccccc1)c1ccccc1)P(O)O. The minimum Gasteiger partial charge on any atom is -0.349 e. The summed E-state index contributed by atoms with van der Waals surface area (Å²) < 4.78 is 0. The smallest absolute Gasteiger partial charge is 0.183 e. The van der Waals surface area contributed by atoms with Crippen LogP contribution in [0.1, 0.15) is 36.9 Å². The molecule has 2 rings (SSSR count). The molecule has 1 unspecified atom stereocenters. The lowest BCUT2D eigenvalue weighted by molar-refractivity contribution is 0.422. The van der Waals surface area contributed by atoms with Gasteiger partial charge in [0.1, 0.15) is 0 Å². The molecule has 0 aliphatic heterocycles. The van der Waals surface area contributed by atoms with E-state index in [0.29, 0.717) is 0 Å². The van der Waals surface area contributed by atoms with E-state index in [2.05, 4.69) is 29.6 Å². The summed E-state index contributed by atoms with van der Waals surface area (Å²) >= 11 is 0. The van der Waals surface area contributed by atoms with E-state index >= 15 is 0 Å². The zero-order valence-corrected chi connectivity index (χ0v) is 13.1. The van der Waals surface area contributed by atoms with E-state index in [9.17, 15) is 9.79 Å². The monoisotopic (exact) mass is 303 g/mol. The largest absolute Gasteiger partial charge is 0.349 e. The lowest BCUT2D eigenvalue weighted by Crippen LogP contribution is -2.32. The van der Waals surface area contributed by atoms with Gasteiger partial charge in [0.05, 0.1) is 11.8 Å². The topological polar surface area (TPSA) is 52.5 Å². The summed E-state index contributed by atoms with van der Waals surface area (Å²) in [6.07, 6.45) is 1.66. The highest BCUT2D eigenvalue weighted by molar-refractivity contribution is 7.45. The third-order valence-corrected chi connectivity index (χ3v) is 4.43. The van der Waals surface area contributed by atoms with Gasteiger partial charge in [0, 0.05) is 0 Å². The molecule has 3 N–H and O–H groups in total. The molecule has 1 atom stereocenters. The third-order valence-electron chi connectivity index (χ3n) is 3.47. The van der Waals surface area contributed by atoms with E-state index in [4.69, 9.17) is 0 Å². The molecule has 0 aliphatic carbocycles. The molecule has 0 aromatic heterocycles. The first-order valence-electron chi connectivity index (χ1n) is 7.25. The second-order valence-corrected chi connectivity index (χ2v) is 6.31. The molecule has 0 spiro atoms. The van der Waals surface area contributed by atoms with Gasteiger partial charge in [-0.05, 0) is 17.5 Å². The molecule has 0 heterocycles. The van der Waals surface area contributed by atoms with Crippen molar-refractivity contribution in [1.29, 1.82) is 0 Å². The first-order chi connectivity index (χ1) is 10.2. The minimum atomic E-state index is -1.99. The second kappa shape index (κ2) is 8.26. The van der Waals surface area contributed by atoms with Crippen molar-refractivity contribution in [2.75, 3.05) is 0 Å². The molecular weight excluding hydrogens is 281 g/mol. The molecule has 0 amide bonds. The van der Waals surface area contributed by atoms with Crippen molar-refractivity contribution in [1.82, 2.24) is 5.32 Å². The minimum absolute atomic E-state index is 0.0340. The van der Waals surface area contributed by atoms with Crippen LogP contribution in [-0.4, -0.2) is 15.6 Å². The first-order valence-corrected chi connectivity index (χ1v) is 8.57. The average molecular weight is 303 g/mol. The molecule has 4 heteroatoms. The number of hydrogen-bond donors (Lipinski definition) is 3. The molecular formula is C17H22NO2P. The summed E-state index contributed by atoms with van der Waals surface area (Å²) in [6, 6.07) is 20.2. The van der Waals surface area contributed by atoms with Crippen LogP contribution in [0.5, 0.6) is 0 Å². The van der Waals surface area contributed by atoms with Gasteiger partial charge in [0.25, 0.3) is 0 Å². The van der Waals surface area contributed by atoms with Crippen molar-refractivity contribution >= 4 is 8.38 Å². The predicted octanol–water partition coefficient (Wildman–Crippen LogP) is 3.79. The van der Waals surface area contributed by atoms with Crippen LogP contribution < -0.4 is 5.32 Å². The zero-order chi connectivity index (χ0) is 15.1. The standard InChI is InChI=1S/C17H22NO2P/c1-2-9-16(21(19)20)18-17(14-10-5-3-6-11-14)15-12-7-4-8-13-15/h3-8,10-13,16-20H,2,9H2,1H3. The fourth-order valence-electron chi connectivity index (χ4n) is 2.41. The Morgan fingerprint density at radius 1 is 0.905 bits per heavy atom. The van der Waals surface area contributed by atoms with E-state index in [0.717, 1.165) is 24.0 Å². The molecule has 0 aliphatic rings. The Morgan fingerprint density at radius 2 is 1.38 bits per heavy atom. The molecule has 0 saturated heterocycles. The Kier molecular flexibility index (Phi) is 6.34. The van der Waals surface area contributed by atoms with E-state index < -0.39 is 8.38 Å². The lowest BCUT2D eigenvalue weighted by Gasteiger charge is -2.27. The van der Waals surface area contributed by atoms with Gasteiger partial charge in [-0.3, -0.25) is 5.32 Å². The average Bonchev–Trinajstić information content (AvgIpc) is 2.53. The number of nitrogens with one attached hydrogen (secondary N) is 1. The molecule has 21 heavy (non-hydrogen) atoms. The van der Waals surface area contributed by atoms with Crippen molar-refractivity contribution in [3.8, 4) is 0 Å². The van der Waals surface area contributed by atoms with Gasteiger partial charge in [0.15, 0.2) is 8.38 Å². The van der Waals surface area contributed by atoms with Crippen molar-refractivity contribution < 1.29 is 9.79 Å². The summed E-state index contributed by atoms with van der Waals surface area (Å²) in [7, 11) is -1.99. The Morgan fingerprint density at radius 3 is 1.76 bits per heavy atom. The van der Waals surface area contributed by atoms with Crippen molar-refractivity contribution in [3.05, 3.63) is 71.8 Å². The zero-order valence-electron chi connectivity index (χ0n) is 12.2. The van der Waals surface area contributed by atoms with Crippen LogP contribution >= 0.6 is 8.38 Å². The van der Waals surface area contributed by atoms with Crippen molar-refractivity contribution in [3.63, 3.8) is 0 Å². The van der Waals surface area contributed by atoms with Crippen LogP contribution in [-0.2, 0) is 0 Å². The molecule has 2 aromatic rings. The van der Waals surface area contributed by atoms with Crippen LogP contribution in [0.15, 0.2) is 60.7 Å². The first kappa shape index (κ1) is 16.1. The van der Waals surface area contributed by atoms with Crippen LogP contribution in [0.3, 0.4) is 0 Å². The third kappa shape index (κ3) is 4.62. The van der Waals surface area contributed by atoms with Gasteiger partial charge in [-0.15, -0.1) is 0 Å². The Bertz CT molecular complexity index is 479. The maximum atomic E-state index is 9.64. The summed E-state index contributed by atoms with van der Waals surface area (Å²) in [5.74, 6) is -0.282. The number of hydrogen-bond acceptors (Lipinski definition) is 3. The highest BCUT2D eigenvalue weighted by atomic mass is 31.2. The van der Waals surface area contributed by atoms with Gasteiger partial charge in [-0.2, -0.15) is 0 Å². The predicted molar refractivity (Wildman–Crippen MR) is 87.9 cm³/mol. The van der Waals surface area contributed by atoms with E-state index in [1.54, 1.807) is 0 Å². The van der Waals surface area contributed by atoms with Crippen LogP contribution in [0.4, 0.5) is 0 Å². The maximum absolute atomic E-state index is 9.64. The van der Waals surface area contributed by atoms with E-state index in [1.165, 1.54) is 0 Å². The van der Waals surface area contributed by atoms with Crippen molar-refractivity contribution in [2.45, 2.75) is 31.6 Å². The maximum Gasteiger partial charge on any atom is 0.183 e. The van der Waals surface area contributed by atoms with Crippen molar-refractivity contribution in [2.24, 2.45) is 0 Å². The Balaban J connectivity index is 2.28. The van der Waals surface area contributed by atoms with Gasteiger partial charge in [-0.25, -0.2) is 0 Å². The van der Waals surface area contributed by atoms with Gasteiger partial charge in [0.2, 0.25) is 0 Å². The molecule has 0 bridgehead atoms. The lowest BCUT2D eigenvalue weighted by atomic mass is 9.98. The summed E-state index contributed by atoms with van der Waals surface area (Å²) in [5.41, 5.74) is 2.25. The van der Waals surface area contributed by atoms with Crippen LogP contribution in [0.2, 0.25) is 0 Å². The number of rotatable bonds is 7. The second-order valence-electron chi connectivity index (χ2n) is 5.05. The molecule has 0 saturated carbocycles. The molecule has 2 aromatic carbocycles. The fraction of sp³-hybridized carbons (Fsp3) is 0.294. The summed E-state index contributed by atoms with van der Waals surface area (Å²) in [4.78, 5) is 19.3. The normalized spacial score (nSPS) is 12.8. The van der Waals surface area contributed by atoms with E-state index in [-0.39, 0.29) is 11.8 Å². The highest BCUT2D eigenvalue weighted by Crippen LogP contribution is 2.35. The highest BCUT2D eigenvalue weighted by Gasteiger charge is 2.23. The number of benzene rings is 2.